The summed E-state index contributed by atoms with van der Waals surface area (Å²) in [5.74, 6) is 0.844. The lowest BCUT2D eigenvalue weighted by molar-refractivity contribution is -0.577. The third-order valence-corrected chi connectivity index (χ3v) is 7.03. The Morgan fingerprint density at radius 3 is 2.69 bits per heavy atom. The fourth-order valence-electron chi connectivity index (χ4n) is 5.59. The maximum atomic E-state index is 6.39. The van der Waals surface area contributed by atoms with Crippen molar-refractivity contribution in [3.8, 4) is 0 Å². The Morgan fingerprint density at radius 2 is 1.92 bits per heavy atom. The van der Waals surface area contributed by atoms with Crippen molar-refractivity contribution in [1.82, 2.24) is 5.32 Å². The summed E-state index contributed by atoms with van der Waals surface area (Å²) in [6, 6.07) is 0.457. The van der Waals surface area contributed by atoms with E-state index in [9.17, 15) is 0 Å². The zero-order valence-electron chi connectivity index (χ0n) is 16.8. The molecule has 1 saturated carbocycles. The quantitative estimate of drug-likeness (QED) is 0.593. The fourth-order valence-corrected chi connectivity index (χ4v) is 5.59. The highest BCUT2D eigenvalue weighted by molar-refractivity contribution is 5.09. The van der Waals surface area contributed by atoms with E-state index in [1.54, 1.807) is 0 Å². The van der Waals surface area contributed by atoms with Crippen molar-refractivity contribution in [3.05, 3.63) is 0 Å². The minimum Gasteiger partial charge on any atom is -0.351 e. The van der Waals surface area contributed by atoms with Crippen LogP contribution < -0.4 is 5.32 Å². The first-order chi connectivity index (χ1) is 12.4. The minimum absolute atomic E-state index is 0.245. The smallest absolute Gasteiger partial charge is 0.201 e. The minimum atomic E-state index is -0.720. The molecule has 1 aliphatic carbocycles. The van der Waals surface area contributed by atoms with E-state index < -0.39 is 17.7 Å². The molecule has 1 N–H and O–H groups in total. The van der Waals surface area contributed by atoms with Crippen molar-refractivity contribution in [2.24, 2.45) is 23.7 Å². The van der Waals surface area contributed by atoms with Crippen LogP contribution in [0.1, 0.15) is 60.3 Å². The normalized spacial score (nSPS) is 50.5. The summed E-state index contributed by atoms with van der Waals surface area (Å²) in [4.78, 5) is 12.0. The van der Waals surface area contributed by atoms with Gasteiger partial charge in [-0.25, -0.2) is 9.78 Å². The maximum Gasteiger partial charge on any atom is 0.201 e. The highest BCUT2D eigenvalue weighted by atomic mass is 17.3. The Hall–Kier alpha value is -0.240. The van der Waals surface area contributed by atoms with Gasteiger partial charge in [0.15, 0.2) is 18.2 Å². The Morgan fingerprint density at radius 1 is 1.12 bits per heavy atom. The second-order valence-corrected chi connectivity index (χ2v) is 9.25. The Balaban J connectivity index is 1.54. The first-order valence-electron chi connectivity index (χ1n) is 10.4. The molecule has 8 atom stereocenters. The molecule has 0 aromatic rings. The number of hydrogen-bond donors (Lipinski definition) is 1. The lowest BCUT2D eigenvalue weighted by Crippen LogP contribution is -2.70. The van der Waals surface area contributed by atoms with Crippen molar-refractivity contribution < 1.29 is 24.0 Å². The Bertz CT molecular complexity index is 516. The van der Waals surface area contributed by atoms with E-state index in [4.69, 9.17) is 24.0 Å². The Kier molecular flexibility index (Phi) is 5.12. The average Bonchev–Trinajstić information content (AvgIpc) is 2.82. The van der Waals surface area contributed by atoms with Crippen molar-refractivity contribution in [3.63, 3.8) is 0 Å². The molecule has 5 aliphatic rings. The molecule has 5 fully saturated rings. The molecular weight excluding hydrogens is 334 g/mol. The van der Waals surface area contributed by atoms with Gasteiger partial charge in [-0.2, -0.15) is 0 Å². The van der Waals surface area contributed by atoms with Crippen LogP contribution in [0.3, 0.4) is 0 Å². The molecule has 6 heteroatoms. The molecule has 5 rings (SSSR count). The van der Waals surface area contributed by atoms with E-state index in [1.165, 1.54) is 6.42 Å². The van der Waals surface area contributed by atoms with Crippen LogP contribution in [-0.2, 0) is 24.0 Å². The summed E-state index contributed by atoms with van der Waals surface area (Å²) in [7, 11) is 0. The molecule has 0 unspecified atom stereocenters. The summed E-state index contributed by atoms with van der Waals surface area (Å²) in [5.41, 5.74) is -0.497. The van der Waals surface area contributed by atoms with Crippen molar-refractivity contribution in [1.29, 1.82) is 0 Å². The summed E-state index contributed by atoms with van der Waals surface area (Å²) >= 11 is 0. The van der Waals surface area contributed by atoms with Gasteiger partial charge in [0.05, 0.1) is 6.61 Å². The van der Waals surface area contributed by atoms with Crippen molar-refractivity contribution >= 4 is 0 Å². The van der Waals surface area contributed by atoms with E-state index in [2.05, 4.69) is 33.0 Å². The predicted molar refractivity (Wildman–Crippen MR) is 95.9 cm³/mol. The van der Waals surface area contributed by atoms with Gasteiger partial charge >= 0.3 is 0 Å². The third-order valence-electron chi connectivity index (χ3n) is 7.03. The molecule has 2 bridgehead atoms. The molecule has 1 spiro atoms. The summed E-state index contributed by atoms with van der Waals surface area (Å²) in [6.07, 6.45) is 3.55. The molecule has 6 nitrogen and oxygen atoms in total. The summed E-state index contributed by atoms with van der Waals surface area (Å²) in [5, 5.41) is 3.39. The monoisotopic (exact) mass is 369 g/mol. The summed E-state index contributed by atoms with van der Waals surface area (Å²) in [6.45, 7) is 12.3. The van der Waals surface area contributed by atoms with Crippen LogP contribution in [0.2, 0.25) is 0 Å². The van der Waals surface area contributed by atoms with Crippen molar-refractivity contribution in [2.75, 3.05) is 13.2 Å². The molecule has 150 valence electrons. The second kappa shape index (κ2) is 6.98. The fraction of sp³-hybridized carbons (Fsp3) is 1.00. The van der Waals surface area contributed by atoms with E-state index in [1.807, 2.05) is 6.92 Å². The maximum absolute atomic E-state index is 6.39. The summed E-state index contributed by atoms with van der Waals surface area (Å²) < 4.78 is 18.9. The standard InChI is InChI=1S/C20H35NO5/c1-12(2)21-10-11-22-17-14(4)16-7-6-13(3)15-8-9-19(5)24-18(23-17)20(15,16)26-25-19/h12-18,21H,6-11H2,1-5H3/t13-,14-,15+,16+,17+,18-,19-,20-/m1/s1. The van der Waals surface area contributed by atoms with Crippen LogP contribution in [-0.4, -0.2) is 43.2 Å². The molecule has 0 radical (unpaired) electrons. The van der Waals surface area contributed by atoms with Crippen LogP contribution in [0.5, 0.6) is 0 Å². The molecular formula is C20H35NO5. The molecule has 4 aliphatic heterocycles. The van der Waals surface area contributed by atoms with Crippen LogP contribution in [0.25, 0.3) is 0 Å². The predicted octanol–water partition coefficient (Wildman–Crippen LogP) is 3.21. The molecule has 0 aromatic carbocycles. The topological polar surface area (TPSA) is 58.2 Å². The largest absolute Gasteiger partial charge is 0.351 e. The van der Waals surface area contributed by atoms with E-state index in [0.717, 1.165) is 25.8 Å². The number of rotatable bonds is 5. The van der Waals surface area contributed by atoms with Crippen LogP contribution in [0.4, 0.5) is 0 Å². The van der Waals surface area contributed by atoms with E-state index in [0.29, 0.717) is 30.4 Å². The lowest BCUT2D eigenvalue weighted by Gasteiger charge is -2.60. The van der Waals surface area contributed by atoms with E-state index in [-0.39, 0.29) is 12.2 Å². The van der Waals surface area contributed by atoms with Gasteiger partial charge in [-0.1, -0.05) is 27.7 Å². The van der Waals surface area contributed by atoms with Gasteiger partial charge in [0.25, 0.3) is 0 Å². The zero-order chi connectivity index (χ0) is 18.5. The average molecular weight is 370 g/mol. The third kappa shape index (κ3) is 3.03. The van der Waals surface area contributed by atoms with E-state index >= 15 is 0 Å². The van der Waals surface area contributed by atoms with Crippen LogP contribution in [0, 0.1) is 23.7 Å². The van der Waals surface area contributed by atoms with Gasteiger partial charge in [0, 0.05) is 30.8 Å². The van der Waals surface area contributed by atoms with Crippen LogP contribution >= 0.6 is 0 Å². The number of nitrogens with one attached hydrogen (secondary N) is 1. The van der Waals surface area contributed by atoms with Crippen molar-refractivity contribution in [2.45, 2.75) is 90.3 Å². The van der Waals surface area contributed by atoms with Gasteiger partial charge in [-0.05, 0) is 38.0 Å². The van der Waals surface area contributed by atoms with Crippen LogP contribution in [0.15, 0.2) is 0 Å². The van der Waals surface area contributed by atoms with Gasteiger partial charge < -0.3 is 19.5 Å². The lowest BCUT2D eigenvalue weighted by atomic mass is 9.58. The Labute approximate surface area is 157 Å². The number of fused-ring (bicyclic) bond motifs is 2. The molecule has 26 heavy (non-hydrogen) atoms. The first kappa shape index (κ1) is 19.1. The van der Waals surface area contributed by atoms with Gasteiger partial charge in [0.2, 0.25) is 5.79 Å². The number of ether oxygens (including phenoxy) is 3. The molecule has 0 aromatic heterocycles. The highest BCUT2D eigenvalue weighted by Crippen LogP contribution is 2.60. The zero-order valence-corrected chi connectivity index (χ0v) is 16.8. The van der Waals surface area contributed by atoms with Gasteiger partial charge in [-0.15, -0.1) is 0 Å². The SMILES string of the molecule is CC(C)NCCO[C@H]1O[C@@H]2O[C@@]3(C)CC[C@H]4[C@H](C)CC[C@@H]([C@H]1C)[C@@]24OO3. The molecule has 4 heterocycles. The molecule has 4 saturated heterocycles. The van der Waals surface area contributed by atoms with Gasteiger partial charge in [0.1, 0.15) is 0 Å². The molecule has 0 amide bonds. The first-order valence-corrected chi connectivity index (χ1v) is 10.4. The van der Waals surface area contributed by atoms with Gasteiger partial charge in [-0.3, -0.25) is 0 Å². The highest BCUT2D eigenvalue weighted by Gasteiger charge is 2.69. The second-order valence-electron chi connectivity index (χ2n) is 9.25. The number of hydrogen-bond acceptors (Lipinski definition) is 6.